The SMILES string of the molecule is N=[N+]=NCc1ccccc1C[C@]1(C(=O)NCc2ccccc2)N=C(c2ccc(OCCCO)cc2)O[C@H]1c1ccccc1. The smallest absolute Gasteiger partial charge is 0.252 e. The maximum absolute atomic E-state index is 14.4. The second kappa shape index (κ2) is 14.2. The molecule has 0 saturated heterocycles. The number of hydrogen-bond acceptors (Lipinski definition) is 7. The first-order valence-electron chi connectivity index (χ1n) is 14.2. The van der Waals surface area contributed by atoms with Gasteiger partial charge in [0.1, 0.15) is 22.9 Å². The fraction of sp³-hybridized carbons (Fsp3) is 0.235. The third kappa shape index (κ3) is 7.04. The molecule has 1 aliphatic rings. The van der Waals surface area contributed by atoms with Crippen molar-refractivity contribution in [2.45, 2.75) is 37.6 Å². The quantitative estimate of drug-likeness (QED) is 0.113. The van der Waals surface area contributed by atoms with Crippen molar-refractivity contribution in [2.75, 3.05) is 13.2 Å². The van der Waals surface area contributed by atoms with Gasteiger partial charge in [-0.3, -0.25) is 4.79 Å². The lowest BCUT2D eigenvalue weighted by molar-refractivity contribution is -0.129. The van der Waals surface area contributed by atoms with E-state index in [0.717, 1.165) is 22.3 Å². The van der Waals surface area contributed by atoms with Crippen molar-refractivity contribution in [1.29, 1.82) is 5.53 Å². The van der Waals surface area contributed by atoms with E-state index in [1.807, 2.05) is 109 Å². The van der Waals surface area contributed by atoms with Crippen LogP contribution in [0.3, 0.4) is 0 Å². The number of amides is 1. The predicted octanol–water partition coefficient (Wildman–Crippen LogP) is 5.31. The molecule has 4 aromatic carbocycles. The number of nitrogens with one attached hydrogen (secondary N) is 2. The van der Waals surface area contributed by atoms with Gasteiger partial charge in [0.05, 0.1) is 6.61 Å². The summed E-state index contributed by atoms with van der Waals surface area (Å²) in [5, 5.41) is 16.1. The first kappa shape index (κ1) is 29.4. The number of carbonyl (C=O) groups excluding carboxylic acids is 1. The Labute approximate surface area is 250 Å². The van der Waals surface area contributed by atoms with Gasteiger partial charge in [-0.2, -0.15) is 0 Å². The molecule has 3 N–H and O–H groups in total. The molecule has 1 aliphatic heterocycles. The van der Waals surface area contributed by atoms with E-state index in [-0.39, 0.29) is 25.5 Å². The minimum absolute atomic E-state index is 0.0626. The summed E-state index contributed by atoms with van der Waals surface area (Å²) >= 11 is 0. The maximum atomic E-state index is 14.4. The molecular weight excluding hydrogens is 542 g/mol. The zero-order chi connectivity index (χ0) is 29.9. The van der Waals surface area contributed by atoms with Gasteiger partial charge in [0.25, 0.3) is 5.91 Å². The van der Waals surface area contributed by atoms with Crippen LogP contribution in [0.25, 0.3) is 0 Å². The molecule has 43 heavy (non-hydrogen) atoms. The molecule has 0 aromatic heterocycles. The van der Waals surface area contributed by atoms with Gasteiger partial charge in [0, 0.05) is 31.6 Å². The van der Waals surface area contributed by atoms with E-state index in [2.05, 4.69) is 15.3 Å². The zero-order valence-corrected chi connectivity index (χ0v) is 23.7. The average molecular weight is 577 g/mol. The highest BCUT2D eigenvalue weighted by Crippen LogP contribution is 2.43. The van der Waals surface area contributed by atoms with Gasteiger partial charge < -0.3 is 19.9 Å². The summed E-state index contributed by atoms with van der Waals surface area (Å²) in [7, 11) is 0. The summed E-state index contributed by atoms with van der Waals surface area (Å²) in [5.74, 6) is 0.759. The van der Waals surface area contributed by atoms with Gasteiger partial charge in [0.15, 0.2) is 11.6 Å². The van der Waals surface area contributed by atoms with Gasteiger partial charge in [-0.05, 0) is 46.5 Å². The van der Waals surface area contributed by atoms with Crippen molar-refractivity contribution in [3.8, 4) is 5.75 Å². The van der Waals surface area contributed by atoms with E-state index in [1.54, 1.807) is 0 Å². The lowest BCUT2D eigenvalue weighted by atomic mass is 9.81. The van der Waals surface area contributed by atoms with Crippen molar-refractivity contribution >= 4 is 11.8 Å². The Hall–Kier alpha value is -5.11. The number of benzene rings is 4. The summed E-state index contributed by atoms with van der Waals surface area (Å²) in [6.45, 7) is 1.02. The van der Waals surface area contributed by atoms with Crippen molar-refractivity contribution in [1.82, 2.24) is 10.2 Å². The molecule has 2 atom stereocenters. The average Bonchev–Trinajstić information content (AvgIpc) is 3.45. The topological polar surface area (TPSA) is 130 Å². The molecule has 0 fully saturated rings. The third-order valence-corrected chi connectivity index (χ3v) is 7.32. The molecule has 0 saturated carbocycles. The van der Waals surface area contributed by atoms with Gasteiger partial charge >= 0.3 is 0 Å². The van der Waals surface area contributed by atoms with Crippen LogP contribution in [0.5, 0.6) is 5.75 Å². The van der Waals surface area contributed by atoms with Crippen LogP contribution in [0.4, 0.5) is 0 Å². The monoisotopic (exact) mass is 576 g/mol. The van der Waals surface area contributed by atoms with Crippen molar-refractivity contribution in [3.63, 3.8) is 0 Å². The molecule has 0 bridgehead atoms. The van der Waals surface area contributed by atoms with Gasteiger partial charge in [-0.15, -0.1) is 0 Å². The van der Waals surface area contributed by atoms with E-state index in [0.29, 0.717) is 36.8 Å². The highest BCUT2D eigenvalue weighted by atomic mass is 16.5. The number of ether oxygens (including phenoxy) is 2. The maximum Gasteiger partial charge on any atom is 0.252 e. The van der Waals surface area contributed by atoms with Crippen LogP contribution in [-0.4, -0.2) is 35.7 Å². The largest absolute Gasteiger partial charge is 0.494 e. The molecule has 4 aromatic rings. The summed E-state index contributed by atoms with van der Waals surface area (Å²) in [4.78, 5) is 22.7. The van der Waals surface area contributed by atoms with Crippen LogP contribution in [0, 0.1) is 5.53 Å². The van der Waals surface area contributed by atoms with Crippen molar-refractivity contribution < 1.29 is 19.4 Å². The molecular formula is C34H34N5O4+. The predicted molar refractivity (Wildman–Crippen MR) is 163 cm³/mol. The van der Waals surface area contributed by atoms with Crippen molar-refractivity contribution in [2.24, 2.45) is 10.1 Å². The van der Waals surface area contributed by atoms with E-state index < -0.39 is 11.6 Å². The third-order valence-electron chi connectivity index (χ3n) is 7.32. The summed E-state index contributed by atoms with van der Waals surface area (Å²) in [5.41, 5.74) is 10.0. The van der Waals surface area contributed by atoms with Crippen molar-refractivity contribution in [3.05, 3.63) is 137 Å². The number of rotatable bonds is 13. The van der Waals surface area contributed by atoms with Gasteiger partial charge in [-0.25, -0.2) is 4.99 Å². The number of carbonyl (C=O) groups is 1. The normalized spacial score (nSPS) is 17.3. The fourth-order valence-electron chi connectivity index (χ4n) is 5.13. The molecule has 218 valence electrons. The number of aliphatic hydroxyl groups is 1. The number of aliphatic imine (C=N–C) groups is 1. The fourth-order valence-corrected chi connectivity index (χ4v) is 5.13. The summed E-state index contributed by atoms with van der Waals surface area (Å²) < 4.78 is 12.3. The number of hydrogen-bond donors (Lipinski definition) is 3. The Morgan fingerprint density at radius 2 is 1.63 bits per heavy atom. The minimum Gasteiger partial charge on any atom is -0.494 e. The molecule has 0 aliphatic carbocycles. The van der Waals surface area contributed by atoms with Crippen LogP contribution in [0.15, 0.2) is 119 Å². The van der Waals surface area contributed by atoms with Crippen LogP contribution in [-0.2, 0) is 29.0 Å². The summed E-state index contributed by atoms with van der Waals surface area (Å²) in [6, 6.07) is 34.5. The molecule has 1 heterocycles. The molecule has 5 rings (SSSR count). The van der Waals surface area contributed by atoms with Crippen LogP contribution in [0.1, 0.15) is 40.3 Å². The Morgan fingerprint density at radius 1 is 0.953 bits per heavy atom. The molecule has 0 unspecified atom stereocenters. The van der Waals surface area contributed by atoms with Crippen LogP contribution in [0.2, 0.25) is 0 Å². The lowest BCUT2D eigenvalue weighted by Gasteiger charge is -2.31. The van der Waals surface area contributed by atoms with E-state index in [4.69, 9.17) is 25.1 Å². The first-order valence-corrected chi connectivity index (χ1v) is 14.2. The first-order chi connectivity index (χ1) is 21.1. The minimum atomic E-state index is -1.35. The molecule has 9 nitrogen and oxygen atoms in total. The molecule has 1 amide bonds. The van der Waals surface area contributed by atoms with Crippen LogP contribution < -0.4 is 15.0 Å². The Balaban J connectivity index is 1.57. The highest BCUT2D eigenvalue weighted by molar-refractivity contribution is 6.01. The standard InChI is InChI=1S/C34H33N5O4/c35-39-37-24-29-15-8-7-14-28(29)22-34(33(41)36-23-25-10-3-1-4-11-25)31(26-12-5-2-6-13-26)43-32(38-34)27-16-18-30(19-17-27)42-21-9-20-40/h1-8,10-19,31,35,40H,9,20-24H2/p+1/t31-,34-/m0/s1. The molecule has 0 spiro atoms. The van der Waals surface area contributed by atoms with Gasteiger partial charge in [-0.1, -0.05) is 84.9 Å². The van der Waals surface area contributed by atoms with E-state index in [9.17, 15) is 4.79 Å². The molecule has 0 radical (unpaired) electrons. The summed E-state index contributed by atoms with van der Waals surface area (Å²) in [6.07, 6.45) is 0.0652. The van der Waals surface area contributed by atoms with Crippen LogP contribution >= 0.6 is 0 Å². The lowest BCUT2D eigenvalue weighted by Crippen LogP contribution is -2.49. The Kier molecular flexibility index (Phi) is 9.69. The Morgan fingerprint density at radius 3 is 2.33 bits per heavy atom. The van der Waals surface area contributed by atoms with E-state index >= 15 is 0 Å². The zero-order valence-electron chi connectivity index (χ0n) is 23.7. The second-order valence-corrected chi connectivity index (χ2v) is 10.2. The van der Waals surface area contributed by atoms with E-state index in [1.165, 1.54) is 0 Å². The number of nitrogens with zero attached hydrogens (tertiary/aromatic N) is 3. The highest BCUT2D eigenvalue weighted by Gasteiger charge is 2.53. The number of aliphatic hydroxyl groups excluding tert-OH is 1. The Bertz CT molecular complexity index is 1590. The van der Waals surface area contributed by atoms with Gasteiger partial charge in [0.2, 0.25) is 10.8 Å². The molecule has 9 heteroatoms. The second-order valence-electron chi connectivity index (χ2n) is 10.2.